The second-order valence-electron chi connectivity index (χ2n) is 5.35. The number of carbonyl (C=O) groups excluding carboxylic acids is 1. The highest BCUT2D eigenvalue weighted by atomic mass is 16.6. The number of hydrogen-bond acceptors (Lipinski definition) is 4. The van der Waals surface area contributed by atoms with Crippen molar-refractivity contribution in [1.29, 1.82) is 0 Å². The quantitative estimate of drug-likeness (QED) is 0.385. The van der Waals surface area contributed by atoms with Crippen molar-refractivity contribution >= 4 is 5.91 Å². The Morgan fingerprint density at radius 1 is 1.75 bits per heavy atom. The molecule has 5 heteroatoms. The predicted molar refractivity (Wildman–Crippen MR) is 56.5 cm³/mol. The minimum absolute atomic E-state index is 0.0739. The molecule has 0 aromatic carbocycles. The molecule has 2 fully saturated rings. The molecule has 3 aliphatic rings. The van der Waals surface area contributed by atoms with Crippen molar-refractivity contribution in [2.45, 2.75) is 12.5 Å². The summed E-state index contributed by atoms with van der Waals surface area (Å²) in [6, 6.07) is 0. The van der Waals surface area contributed by atoms with Crippen LogP contribution in [0.2, 0.25) is 0 Å². The van der Waals surface area contributed by atoms with E-state index in [-0.39, 0.29) is 23.7 Å². The zero-order valence-corrected chi connectivity index (χ0v) is 9.47. The van der Waals surface area contributed by atoms with Crippen LogP contribution < -0.4 is 5.73 Å². The molecule has 1 amide bonds. The maximum Gasteiger partial charge on any atom is 0.321 e. The largest absolute Gasteiger partial charge is 0.625 e. The number of rotatable bonds is 1. The summed E-state index contributed by atoms with van der Waals surface area (Å²) in [4.78, 5) is 12.1. The third kappa shape index (κ3) is 0.984. The molecule has 5 unspecified atom stereocenters. The van der Waals surface area contributed by atoms with Crippen molar-refractivity contribution in [2.24, 2.45) is 23.5 Å². The number of ether oxygens (including phenoxy) is 1. The van der Waals surface area contributed by atoms with Gasteiger partial charge in [-0.1, -0.05) is 6.92 Å². The van der Waals surface area contributed by atoms with Gasteiger partial charge in [-0.05, 0) is 12.0 Å². The van der Waals surface area contributed by atoms with Crippen molar-refractivity contribution in [3.63, 3.8) is 0 Å². The average molecular weight is 224 g/mol. The molecular formula is C11H16N2O3. The van der Waals surface area contributed by atoms with Gasteiger partial charge in [-0.25, -0.2) is 4.79 Å². The van der Waals surface area contributed by atoms with E-state index < -0.39 is 10.2 Å². The number of fused-ring (bicyclic) bond motifs is 3. The predicted octanol–water partition coefficient (Wildman–Crippen LogP) is -0.0353. The van der Waals surface area contributed by atoms with Gasteiger partial charge in [0, 0.05) is 12.5 Å². The average Bonchev–Trinajstić information content (AvgIpc) is 2.85. The first-order valence-electron chi connectivity index (χ1n) is 5.65. The van der Waals surface area contributed by atoms with Crippen LogP contribution in [0.25, 0.3) is 0 Å². The molecule has 2 N–H and O–H groups in total. The summed E-state index contributed by atoms with van der Waals surface area (Å²) in [7, 11) is 1.43. The minimum Gasteiger partial charge on any atom is -0.625 e. The van der Waals surface area contributed by atoms with E-state index in [4.69, 9.17) is 10.5 Å². The highest BCUT2D eigenvalue weighted by molar-refractivity contribution is 5.78. The fourth-order valence-corrected chi connectivity index (χ4v) is 3.28. The number of nitrogens with zero attached hydrogens (tertiary/aromatic N) is 1. The molecule has 0 spiro atoms. The summed E-state index contributed by atoms with van der Waals surface area (Å²) in [5, 5.41) is 12.0. The molecule has 5 nitrogen and oxygen atoms in total. The van der Waals surface area contributed by atoms with Crippen LogP contribution >= 0.6 is 0 Å². The number of hydroxylamine groups is 3. The Morgan fingerprint density at radius 3 is 3.06 bits per heavy atom. The van der Waals surface area contributed by atoms with Crippen LogP contribution in [-0.4, -0.2) is 36.3 Å². The first-order chi connectivity index (χ1) is 7.42. The number of hydrogen-bond donors (Lipinski definition) is 1. The molecule has 5 atom stereocenters. The van der Waals surface area contributed by atoms with Crippen molar-refractivity contribution in [3.8, 4) is 0 Å². The molecular weight excluding hydrogens is 208 g/mol. The van der Waals surface area contributed by atoms with Gasteiger partial charge in [-0.2, -0.15) is 0 Å². The van der Waals surface area contributed by atoms with Gasteiger partial charge >= 0.3 is 5.91 Å². The van der Waals surface area contributed by atoms with E-state index in [9.17, 15) is 10.0 Å². The first-order valence-corrected chi connectivity index (χ1v) is 5.65. The lowest BCUT2D eigenvalue weighted by atomic mass is 9.72. The lowest BCUT2D eigenvalue weighted by molar-refractivity contribution is -0.776. The van der Waals surface area contributed by atoms with Crippen molar-refractivity contribution in [1.82, 2.24) is 0 Å². The van der Waals surface area contributed by atoms with Gasteiger partial charge in [0.2, 0.25) is 0 Å². The number of carbonyl (C=O) groups is 1. The summed E-state index contributed by atoms with van der Waals surface area (Å²) in [5.41, 5.74) is 5.07. The van der Waals surface area contributed by atoms with Crippen LogP contribution in [0.5, 0.6) is 0 Å². The lowest BCUT2D eigenvalue weighted by Gasteiger charge is -2.30. The number of amides is 1. The third-order valence-corrected chi connectivity index (χ3v) is 4.28. The Morgan fingerprint density at radius 2 is 2.44 bits per heavy atom. The molecule has 0 bridgehead atoms. The number of likely N-dealkylation sites (tertiary alicyclic amines) is 1. The maximum atomic E-state index is 12.1. The molecule has 0 saturated carbocycles. The van der Waals surface area contributed by atoms with Gasteiger partial charge < -0.3 is 15.7 Å². The van der Waals surface area contributed by atoms with Crippen molar-refractivity contribution in [3.05, 3.63) is 17.0 Å². The summed E-state index contributed by atoms with van der Waals surface area (Å²) in [6.45, 7) is 2.67. The lowest BCUT2D eigenvalue weighted by Crippen LogP contribution is -2.45. The smallest absolute Gasteiger partial charge is 0.321 e. The van der Waals surface area contributed by atoms with E-state index in [0.717, 1.165) is 5.76 Å². The highest BCUT2D eigenvalue weighted by Gasteiger charge is 2.71. The Labute approximate surface area is 94.0 Å². The number of nitrogens with two attached hydrogens (primary N) is 1. The molecule has 2 heterocycles. The molecule has 0 aromatic heterocycles. The zero-order valence-electron chi connectivity index (χ0n) is 9.47. The summed E-state index contributed by atoms with van der Waals surface area (Å²) >= 11 is 0. The van der Waals surface area contributed by atoms with E-state index in [1.165, 1.54) is 7.05 Å². The normalized spacial score (nSPS) is 53.9. The number of allylic oxidation sites excluding steroid dienone is 1. The fourth-order valence-electron chi connectivity index (χ4n) is 3.28. The minimum atomic E-state index is -0.786. The van der Waals surface area contributed by atoms with Gasteiger partial charge in [0.05, 0.1) is 13.6 Å². The first kappa shape index (κ1) is 10.3. The van der Waals surface area contributed by atoms with E-state index in [1.54, 1.807) is 0 Å². The van der Waals surface area contributed by atoms with E-state index in [0.29, 0.717) is 13.1 Å². The van der Waals surface area contributed by atoms with E-state index >= 15 is 0 Å². The van der Waals surface area contributed by atoms with Crippen LogP contribution in [0.1, 0.15) is 6.92 Å². The summed E-state index contributed by atoms with van der Waals surface area (Å²) in [6.07, 6.45) is 2.02. The van der Waals surface area contributed by atoms with Gasteiger partial charge in [0.1, 0.15) is 11.7 Å². The molecule has 88 valence electrons. The highest BCUT2D eigenvalue weighted by Crippen LogP contribution is 2.58. The zero-order chi connectivity index (χ0) is 11.7. The molecule has 3 rings (SSSR count). The molecule has 2 saturated heterocycles. The molecule has 0 aromatic rings. The molecule has 16 heavy (non-hydrogen) atoms. The second-order valence-corrected chi connectivity index (χ2v) is 5.35. The van der Waals surface area contributed by atoms with Crippen molar-refractivity contribution < 1.29 is 14.2 Å². The fraction of sp³-hybridized carbons (Fsp3) is 0.727. The van der Waals surface area contributed by atoms with Crippen LogP contribution in [0, 0.1) is 23.0 Å². The van der Waals surface area contributed by atoms with Gasteiger partial charge in [0.15, 0.2) is 5.60 Å². The Balaban J connectivity index is 2.06. The SMILES string of the molecule is CC1C=C2OC2(CN)C2C(=O)[N+](C)([O-])CC12. The van der Waals surface area contributed by atoms with Gasteiger partial charge in [-0.3, -0.25) is 4.65 Å². The number of epoxide rings is 1. The topological polar surface area (TPSA) is 78.7 Å². The summed E-state index contributed by atoms with van der Waals surface area (Å²) in [5.74, 6) is 0.504. The molecule has 2 aliphatic heterocycles. The maximum absolute atomic E-state index is 12.1. The monoisotopic (exact) mass is 224 g/mol. The Hall–Kier alpha value is -0.910. The Kier molecular flexibility index (Phi) is 1.71. The second kappa shape index (κ2) is 2.67. The van der Waals surface area contributed by atoms with E-state index in [1.807, 2.05) is 13.0 Å². The molecule has 1 aliphatic carbocycles. The standard InChI is InChI=1S/C11H16N2O3/c1-6-3-8-11(5-12,16-8)9-7(6)4-13(2,15)10(9)14/h3,6-7,9H,4-5,12H2,1-2H3. The van der Waals surface area contributed by atoms with Crippen LogP contribution in [0.15, 0.2) is 11.8 Å². The van der Waals surface area contributed by atoms with Gasteiger partial charge in [0.25, 0.3) is 0 Å². The van der Waals surface area contributed by atoms with Crippen LogP contribution in [0.3, 0.4) is 0 Å². The number of quaternary nitrogens is 1. The Bertz CT molecular complexity index is 404. The summed E-state index contributed by atoms with van der Waals surface area (Å²) < 4.78 is 4.74. The van der Waals surface area contributed by atoms with Crippen LogP contribution in [0.4, 0.5) is 0 Å². The van der Waals surface area contributed by atoms with E-state index in [2.05, 4.69) is 0 Å². The third-order valence-electron chi connectivity index (χ3n) is 4.28. The molecule has 0 radical (unpaired) electrons. The van der Waals surface area contributed by atoms with Crippen molar-refractivity contribution in [2.75, 3.05) is 20.1 Å². The van der Waals surface area contributed by atoms with Gasteiger partial charge in [-0.15, -0.1) is 0 Å². The van der Waals surface area contributed by atoms with Crippen LogP contribution in [-0.2, 0) is 9.53 Å².